The van der Waals surface area contributed by atoms with Crippen LogP contribution in [0.4, 0.5) is 4.39 Å². The molecule has 0 aromatic heterocycles. The second kappa shape index (κ2) is 5.45. The molecular formula is C13H13BrFNO. The number of allylic oxidation sites excluding steroid dienone is 1. The van der Waals surface area contributed by atoms with Crippen LogP contribution in [0.2, 0.25) is 0 Å². The monoisotopic (exact) mass is 297 g/mol. The van der Waals surface area contributed by atoms with Gasteiger partial charge in [-0.25, -0.2) is 4.39 Å². The molecule has 1 aromatic rings. The van der Waals surface area contributed by atoms with Crippen molar-refractivity contribution in [3.05, 3.63) is 47.4 Å². The molecule has 0 radical (unpaired) electrons. The van der Waals surface area contributed by atoms with Crippen molar-refractivity contribution in [1.29, 1.82) is 0 Å². The maximum Gasteiger partial charge on any atom is 0.227 e. The molecule has 2 nitrogen and oxygen atoms in total. The van der Waals surface area contributed by atoms with Gasteiger partial charge in [0.15, 0.2) is 0 Å². The van der Waals surface area contributed by atoms with E-state index in [2.05, 4.69) is 15.9 Å². The Morgan fingerprint density at radius 2 is 2.24 bits per heavy atom. The van der Waals surface area contributed by atoms with Crippen molar-refractivity contribution in [3.63, 3.8) is 0 Å². The van der Waals surface area contributed by atoms with Gasteiger partial charge in [-0.05, 0) is 18.1 Å². The molecule has 1 aliphatic heterocycles. The molecule has 1 aromatic carbocycles. The number of nitrogens with zero attached hydrogens (tertiary/aromatic N) is 1. The third kappa shape index (κ3) is 2.94. The largest absolute Gasteiger partial charge is 0.315 e. The van der Waals surface area contributed by atoms with Crippen molar-refractivity contribution >= 4 is 21.8 Å². The fourth-order valence-corrected chi connectivity index (χ4v) is 2.11. The SMILES string of the molecule is O=C1CCC=CN1Cc1ccc(CBr)cc1F. The molecule has 90 valence electrons. The number of amides is 1. The molecule has 1 aliphatic rings. The number of hydrogen-bond acceptors (Lipinski definition) is 1. The maximum absolute atomic E-state index is 13.7. The molecule has 1 heterocycles. The fourth-order valence-electron chi connectivity index (χ4n) is 1.76. The molecule has 0 unspecified atom stereocenters. The van der Waals surface area contributed by atoms with E-state index >= 15 is 0 Å². The zero-order valence-corrected chi connectivity index (χ0v) is 10.9. The first-order valence-electron chi connectivity index (χ1n) is 5.50. The topological polar surface area (TPSA) is 20.3 Å². The standard InChI is InChI=1S/C13H13BrFNO/c14-8-10-4-5-11(12(15)7-10)9-16-6-2-1-3-13(16)17/h2,4-7H,1,3,8-9H2. The first-order valence-corrected chi connectivity index (χ1v) is 6.62. The normalized spacial score (nSPS) is 15.4. The van der Waals surface area contributed by atoms with Gasteiger partial charge in [-0.1, -0.05) is 34.1 Å². The van der Waals surface area contributed by atoms with E-state index in [1.54, 1.807) is 17.2 Å². The van der Waals surface area contributed by atoms with Gasteiger partial charge >= 0.3 is 0 Å². The first-order chi connectivity index (χ1) is 8.20. The predicted octanol–water partition coefficient (Wildman–Crippen LogP) is 3.36. The van der Waals surface area contributed by atoms with Crippen LogP contribution in [0.25, 0.3) is 0 Å². The highest BCUT2D eigenvalue weighted by Gasteiger charge is 2.15. The van der Waals surface area contributed by atoms with Crippen LogP contribution in [0.15, 0.2) is 30.5 Å². The van der Waals surface area contributed by atoms with Gasteiger partial charge in [0.1, 0.15) is 5.82 Å². The molecule has 0 atom stereocenters. The van der Waals surface area contributed by atoms with Crippen molar-refractivity contribution in [1.82, 2.24) is 4.90 Å². The molecule has 2 rings (SSSR count). The lowest BCUT2D eigenvalue weighted by Gasteiger charge is -2.21. The minimum Gasteiger partial charge on any atom is -0.315 e. The van der Waals surface area contributed by atoms with Crippen molar-refractivity contribution in [3.8, 4) is 0 Å². The number of rotatable bonds is 3. The molecule has 17 heavy (non-hydrogen) atoms. The van der Waals surface area contributed by atoms with Gasteiger partial charge in [0.25, 0.3) is 0 Å². The Bertz CT molecular complexity index is 459. The third-order valence-electron chi connectivity index (χ3n) is 2.74. The van der Waals surface area contributed by atoms with Crippen LogP contribution >= 0.6 is 15.9 Å². The number of carbonyl (C=O) groups excluding carboxylic acids is 1. The summed E-state index contributed by atoms with van der Waals surface area (Å²) >= 11 is 3.28. The second-order valence-corrected chi connectivity index (χ2v) is 4.57. The number of carbonyl (C=O) groups is 1. The van der Waals surface area contributed by atoms with Gasteiger partial charge in [0, 0.05) is 23.5 Å². The average molecular weight is 298 g/mol. The second-order valence-electron chi connectivity index (χ2n) is 4.00. The Kier molecular flexibility index (Phi) is 3.94. The maximum atomic E-state index is 13.7. The minimum absolute atomic E-state index is 0.0523. The summed E-state index contributed by atoms with van der Waals surface area (Å²) in [5.74, 6) is -0.204. The molecule has 0 fully saturated rings. The van der Waals surface area contributed by atoms with E-state index in [0.717, 1.165) is 12.0 Å². The van der Waals surface area contributed by atoms with Gasteiger partial charge in [-0.3, -0.25) is 4.79 Å². The van der Waals surface area contributed by atoms with Crippen LogP contribution in [0.1, 0.15) is 24.0 Å². The summed E-state index contributed by atoms with van der Waals surface area (Å²) in [6, 6.07) is 5.11. The van der Waals surface area contributed by atoms with E-state index in [1.165, 1.54) is 6.07 Å². The summed E-state index contributed by atoms with van der Waals surface area (Å²) in [5.41, 5.74) is 1.45. The highest BCUT2D eigenvalue weighted by atomic mass is 79.9. The van der Waals surface area contributed by atoms with E-state index in [0.29, 0.717) is 23.9 Å². The summed E-state index contributed by atoms with van der Waals surface area (Å²) in [4.78, 5) is 13.1. The van der Waals surface area contributed by atoms with Gasteiger partial charge in [0.2, 0.25) is 5.91 Å². The lowest BCUT2D eigenvalue weighted by Crippen LogP contribution is -2.27. The first kappa shape index (κ1) is 12.3. The summed E-state index contributed by atoms with van der Waals surface area (Å²) in [6.45, 7) is 0.309. The molecule has 0 bridgehead atoms. The van der Waals surface area contributed by atoms with Gasteiger partial charge in [0.05, 0.1) is 6.54 Å². The zero-order valence-electron chi connectivity index (χ0n) is 9.33. The lowest BCUT2D eigenvalue weighted by molar-refractivity contribution is -0.129. The van der Waals surface area contributed by atoms with Crippen LogP contribution in [0, 0.1) is 5.82 Å². The number of alkyl halides is 1. The molecule has 4 heteroatoms. The lowest BCUT2D eigenvalue weighted by atomic mass is 10.1. The number of hydrogen-bond donors (Lipinski definition) is 0. The highest BCUT2D eigenvalue weighted by molar-refractivity contribution is 9.08. The van der Waals surface area contributed by atoms with E-state index in [1.807, 2.05) is 12.1 Å². The van der Waals surface area contributed by atoms with Crippen LogP contribution in [-0.2, 0) is 16.7 Å². The van der Waals surface area contributed by atoms with Crippen LogP contribution in [0.5, 0.6) is 0 Å². The van der Waals surface area contributed by atoms with Crippen molar-refractivity contribution in [2.24, 2.45) is 0 Å². The van der Waals surface area contributed by atoms with Crippen molar-refractivity contribution < 1.29 is 9.18 Å². The van der Waals surface area contributed by atoms with Gasteiger partial charge < -0.3 is 4.90 Å². The Morgan fingerprint density at radius 1 is 1.41 bits per heavy atom. The zero-order chi connectivity index (χ0) is 12.3. The fraction of sp³-hybridized carbons (Fsp3) is 0.308. The Balaban J connectivity index is 2.15. The van der Waals surface area contributed by atoms with Crippen LogP contribution in [-0.4, -0.2) is 10.8 Å². The van der Waals surface area contributed by atoms with E-state index in [-0.39, 0.29) is 11.7 Å². The van der Waals surface area contributed by atoms with E-state index < -0.39 is 0 Å². The Hall–Kier alpha value is -1.16. The Morgan fingerprint density at radius 3 is 2.88 bits per heavy atom. The number of halogens is 2. The summed E-state index contributed by atoms with van der Waals surface area (Å²) < 4.78 is 13.7. The third-order valence-corrected chi connectivity index (χ3v) is 3.39. The highest BCUT2D eigenvalue weighted by Crippen LogP contribution is 2.17. The molecule has 0 aliphatic carbocycles. The van der Waals surface area contributed by atoms with Gasteiger partial charge in [-0.2, -0.15) is 0 Å². The van der Waals surface area contributed by atoms with Gasteiger partial charge in [-0.15, -0.1) is 0 Å². The smallest absolute Gasteiger partial charge is 0.227 e. The molecular weight excluding hydrogens is 285 g/mol. The average Bonchev–Trinajstić information content (AvgIpc) is 2.34. The number of benzene rings is 1. The van der Waals surface area contributed by atoms with Crippen molar-refractivity contribution in [2.75, 3.05) is 0 Å². The minimum atomic E-state index is -0.256. The summed E-state index contributed by atoms with van der Waals surface area (Å²) in [5, 5.41) is 0.632. The molecule has 1 amide bonds. The summed E-state index contributed by atoms with van der Waals surface area (Å²) in [7, 11) is 0. The molecule has 0 spiro atoms. The van der Waals surface area contributed by atoms with E-state index in [9.17, 15) is 9.18 Å². The molecule has 0 saturated carbocycles. The Labute approximate surface area is 108 Å². The molecule has 0 saturated heterocycles. The van der Waals surface area contributed by atoms with E-state index in [4.69, 9.17) is 0 Å². The van der Waals surface area contributed by atoms with Crippen molar-refractivity contribution in [2.45, 2.75) is 24.7 Å². The summed E-state index contributed by atoms with van der Waals surface area (Å²) in [6.07, 6.45) is 4.97. The van der Waals surface area contributed by atoms with Crippen LogP contribution < -0.4 is 0 Å². The predicted molar refractivity (Wildman–Crippen MR) is 68.0 cm³/mol. The van der Waals surface area contributed by atoms with Crippen LogP contribution in [0.3, 0.4) is 0 Å². The molecule has 0 N–H and O–H groups in total. The quantitative estimate of drug-likeness (QED) is 0.784.